The standard InChI is InChI=1S/C14H31NO4.H2/c1-3-4-5-7-16-9-11-18-13-14-19-12-10-17-8-6-15-2;/h15H,3-14H2,1-2H3;1H. The summed E-state index contributed by atoms with van der Waals surface area (Å²) in [6.07, 6.45) is 3.62. The molecule has 19 heavy (non-hydrogen) atoms. The Bertz CT molecular complexity index is 148. The Morgan fingerprint density at radius 1 is 0.684 bits per heavy atom. The van der Waals surface area contributed by atoms with Gasteiger partial charge in [0.2, 0.25) is 0 Å². The summed E-state index contributed by atoms with van der Waals surface area (Å²) in [5, 5.41) is 3.02. The molecule has 0 amide bonds. The summed E-state index contributed by atoms with van der Waals surface area (Å²) in [5.74, 6) is 0. The van der Waals surface area contributed by atoms with E-state index in [9.17, 15) is 0 Å². The molecule has 0 fully saturated rings. The first kappa shape index (κ1) is 18.8. The van der Waals surface area contributed by atoms with Gasteiger partial charge in [0.25, 0.3) is 0 Å². The fraction of sp³-hybridized carbons (Fsp3) is 1.00. The second kappa shape index (κ2) is 17.8. The van der Waals surface area contributed by atoms with Crippen LogP contribution in [-0.4, -0.2) is 66.4 Å². The van der Waals surface area contributed by atoms with E-state index in [4.69, 9.17) is 18.9 Å². The van der Waals surface area contributed by atoms with Crippen LogP contribution in [0.4, 0.5) is 0 Å². The van der Waals surface area contributed by atoms with Gasteiger partial charge in [-0.05, 0) is 13.5 Å². The highest BCUT2D eigenvalue weighted by Gasteiger charge is 1.92. The molecule has 118 valence electrons. The van der Waals surface area contributed by atoms with E-state index in [1.165, 1.54) is 12.8 Å². The lowest BCUT2D eigenvalue weighted by atomic mass is 10.3. The lowest BCUT2D eigenvalue weighted by Gasteiger charge is -2.07. The quantitative estimate of drug-likeness (QED) is 0.436. The molecule has 5 nitrogen and oxygen atoms in total. The van der Waals surface area contributed by atoms with E-state index in [1.807, 2.05) is 7.05 Å². The fourth-order valence-corrected chi connectivity index (χ4v) is 1.39. The number of hydrogen-bond acceptors (Lipinski definition) is 5. The number of hydrogen-bond donors (Lipinski definition) is 1. The van der Waals surface area contributed by atoms with Crippen molar-refractivity contribution in [3.63, 3.8) is 0 Å². The van der Waals surface area contributed by atoms with Crippen LogP contribution >= 0.6 is 0 Å². The lowest BCUT2D eigenvalue weighted by Crippen LogP contribution is -2.17. The molecule has 0 aliphatic carbocycles. The summed E-state index contributed by atoms with van der Waals surface area (Å²) >= 11 is 0. The minimum atomic E-state index is 0. The second-order valence-electron chi connectivity index (χ2n) is 4.26. The monoisotopic (exact) mass is 279 g/mol. The van der Waals surface area contributed by atoms with Gasteiger partial charge in [0.1, 0.15) is 0 Å². The number of likely N-dealkylation sites (N-methyl/N-ethyl adjacent to an activating group) is 1. The van der Waals surface area contributed by atoms with Crippen LogP contribution in [0.25, 0.3) is 0 Å². The van der Waals surface area contributed by atoms with Gasteiger partial charge in [-0.3, -0.25) is 0 Å². The highest BCUT2D eigenvalue weighted by Crippen LogP contribution is 1.93. The first-order valence-corrected chi connectivity index (χ1v) is 7.37. The Labute approximate surface area is 119 Å². The fourth-order valence-electron chi connectivity index (χ4n) is 1.39. The Kier molecular flexibility index (Phi) is 17.6. The first-order chi connectivity index (χ1) is 9.41. The summed E-state index contributed by atoms with van der Waals surface area (Å²) in [7, 11) is 1.91. The topological polar surface area (TPSA) is 49.0 Å². The number of rotatable bonds is 16. The molecule has 0 atom stereocenters. The summed E-state index contributed by atoms with van der Waals surface area (Å²) in [6, 6.07) is 0. The van der Waals surface area contributed by atoms with E-state index in [0.29, 0.717) is 39.6 Å². The van der Waals surface area contributed by atoms with Crippen LogP contribution in [0.3, 0.4) is 0 Å². The van der Waals surface area contributed by atoms with Crippen molar-refractivity contribution in [2.45, 2.75) is 26.2 Å². The molecular weight excluding hydrogens is 246 g/mol. The molecule has 0 unspecified atom stereocenters. The molecule has 0 aromatic rings. The second-order valence-corrected chi connectivity index (χ2v) is 4.26. The minimum absolute atomic E-state index is 0. The molecule has 0 bridgehead atoms. The van der Waals surface area contributed by atoms with E-state index in [0.717, 1.165) is 26.2 Å². The smallest absolute Gasteiger partial charge is 0.0701 e. The van der Waals surface area contributed by atoms with Crippen molar-refractivity contribution in [1.29, 1.82) is 0 Å². The van der Waals surface area contributed by atoms with Crippen molar-refractivity contribution in [3.8, 4) is 0 Å². The van der Waals surface area contributed by atoms with Crippen molar-refractivity contribution >= 4 is 0 Å². The van der Waals surface area contributed by atoms with Gasteiger partial charge in [0.15, 0.2) is 0 Å². The van der Waals surface area contributed by atoms with E-state index in [-0.39, 0.29) is 1.43 Å². The summed E-state index contributed by atoms with van der Waals surface area (Å²) in [5.41, 5.74) is 0. The van der Waals surface area contributed by atoms with Gasteiger partial charge in [-0.25, -0.2) is 0 Å². The minimum Gasteiger partial charge on any atom is -0.379 e. The van der Waals surface area contributed by atoms with Gasteiger partial charge in [0, 0.05) is 14.6 Å². The van der Waals surface area contributed by atoms with Gasteiger partial charge in [-0.1, -0.05) is 19.8 Å². The molecule has 5 heteroatoms. The Morgan fingerprint density at radius 3 is 1.63 bits per heavy atom. The van der Waals surface area contributed by atoms with Crippen LogP contribution < -0.4 is 5.32 Å². The predicted molar refractivity (Wildman–Crippen MR) is 78.8 cm³/mol. The maximum Gasteiger partial charge on any atom is 0.0701 e. The Morgan fingerprint density at radius 2 is 1.16 bits per heavy atom. The molecule has 0 aliphatic heterocycles. The van der Waals surface area contributed by atoms with Crippen LogP contribution in [0.15, 0.2) is 0 Å². The SMILES string of the molecule is CCCCCOCCOCCOCCOCCNC.[HH]. The third-order valence-electron chi connectivity index (χ3n) is 2.50. The van der Waals surface area contributed by atoms with Crippen molar-refractivity contribution in [1.82, 2.24) is 5.32 Å². The van der Waals surface area contributed by atoms with Crippen molar-refractivity contribution in [2.75, 3.05) is 66.4 Å². The molecule has 0 aromatic heterocycles. The molecule has 0 heterocycles. The van der Waals surface area contributed by atoms with Gasteiger partial charge >= 0.3 is 0 Å². The van der Waals surface area contributed by atoms with E-state index in [1.54, 1.807) is 0 Å². The molecule has 0 radical (unpaired) electrons. The molecule has 0 saturated heterocycles. The largest absolute Gasteiger partial charge is 0.379 e. The van der Waals surface area contributed by atoms with Gasteiger partial charge < -0.3 is 24.3 Å². The maximum atomic E-state index is 5.43. The molecule has 1 N–H and O–H groups in total. The summed E-state index contributed by atoms with van der Waals surface area (Å²) in [4.78, 5) is 0. The van der Waals surface area contributed by atoms with Gasteiger partial charge in [-0.15, -0.1) is 0 Å². The average Bonchev–Trinajstić information content (AvgIpc) is 2.43. The number of ether oxygens (including phenoxy) is 4. The van der Waals surface area contributed by atoms with Gasteiger partial charge in [0.05, 0.1) is 46.2 Å². The highest BCUT2D eigenvalue weighted by molar-refractivity contribution is 4.38. The number of nitrogens with one attached hydrogen (secondary N) is 1. The van der Waals surface area contributed by atoms with Crippen molar-refractivity contribution in [3.05, 3.63) is 0 Å². The first-order valence-electron chi connectivity index (χ1n) is 7.37. The van der Waals surface area contributed by atoms with Crippen LogP contribution in [0, 0.1) is 0 Å². The van der Waals surface area contributed by atoms with E-state index >= 15 is 0 Å². The van der Waals surface area contributed by atoms with E-state index in [2.05, 4.69) is 12.2 Å². The zero-order chi connectivity index (χ0) is 14.0. The van der Waals surface area contributed by atoms with Crippen LogP contribution in [0.2, 0.25) is 0 Å². The summed E-state index contributed by atoms with van der Waals surface area (Å²) < 4.78 is 21.5. The van der Waals surface area contributed by atoms with E-state index < -0.39 is 0 Å². The Hall–Kier alpha value is -0.200. The summed E-state index contributed by atoms with van der Waals surface area (Å²) in [6.45, 7) is 8.47. The third kappa shape index (κ3) is 17.8. The molecule has 0 aliphatic rings. The van der Waals surface area contributed by atoms with Crippen molar-refractivity contribution in [2.24, 2.45) is 0 Å². The zero-order valence-corrected chi connectivity index (χ0v) is 12.6. The molecular formula is C14H33NO4. The van der Waals surface area contributed by atoms with Gasteiger partial charge in [-0.2, -0.15) is 0 Å². The van der Waals surface area contributed by atoms with Crippen LogP contribution in [0.5, 0.6) is 0 Å². The molecule has 0 saturated carbocycles. The molecule has 0 aromatic carbocycles. The normalized spacial score (nSPS) is 11.1. The predicted octanol–water partition coefficient (Wildman–Crippen LogP) is 1.71. The molecule has 0 spiro atoms. The third-order valence-corrected chi connectivity index (χ3v) is 2.50. The molecule has 0 rings (SSSR count). The number of unbranched alkanes of at least 4 members (excludes halogenated alkanes) is 2. The van der Waals surface area contributed by atoms with Crippen LogP contribution in [-0.2, 0) is 18.9 Å². The lowest BCUT2D eigenvalue weighted by molar-refractivity contribution is -0.00167. The Balaban J connectivity index is 0. The van der Waals surface area contributed by atoms with Crippen LogP contribution in [0.1, 0.15) is 27.6 Å². The zero-order valence-electron chi connectivity index (χ0n) is 12.6. The average molecular weight is 279 g/mol. The maximum absolute atomic E-state index is 5.43. The van der Waals surface area contributed by atoms with Crippen molar-refractivity contribution < 1.29 is 20.4 Å². The highest BCUT2D eigenvalue weighted by atomic mass is 16.6.